The van der Waals surface area contributed by atoms with E-state index >= 15 is 0 Å². The molecule has 0 spiro atoms. The summed E-state index contributed by atoms with van der Waals surface area (Å²) >= 11 is 0. The van der Waals surface area contributed by atoms with Crippen LogP contribution in [0.15, 0.2) is 24.3 Å². The summed E-state index contributed by atoms with van der Waals surface area (Å²) in [5.41, 5.74) is 9.05. The largest absolute Gasteiger partial charge is 0.324 e. The van der Waals surface area contributed by atoms with Gasteiger partial charge in [0.2, 0.25) is 0 Å². The Labute approximate surface area is 118 Å². The van der Waals surface area contributed by atoms with Gasteiger partial charge in [0.05, 0.1) is 0 Å². The molecule has 0 amide bonds. The number of hydrogen-bond acceptors (Lipinski definition) is 1. The summed E-state index contributed by atoms with van der Waals surface area (Å²) in [5, 5.41) is 0. The van der Waals surface area contributed by atoms with Crippen LogP contribution in [0.3, 0.4) is 0 Å². The summed E-state index contributed by atoms with van der Waals surface area (Å²) < 4.78 is 0. The lowest BCUT2D eigenvalue weighted by molar-refractivity contribution is 0.324. The molecular weight excluding hydrogens is 230 g/mol. The maximum absolute atomic E-state index is 6.34. The molecule has 0 radical (unpaired) electrons. The van der Waals surface area contributed by atoms with Gasteiger partial charge in [-0.25, -0.2) is 0 Å². The van der Waals surface area contributed by atoms with Crippen molar-refractivity contribution in [2.45, 2.75) is 70.8 Å². The number of nitrogens with two attached hydrogens (primary N) is 1. The lowest BCUT2D eigenvalue weighted by Crippen LogP contribution is -2.14. The van der Waals surface area contributed by atoms with Gasteiger partial charge < -0.3 is 5.73 Å². The predicted octanol–water partition coefficient (Wildman–Crippen LogP) is 5.17. The van der Waals surface area contributed by atoms with Crippen molar-refractivity contribution >= 4 is 0 Å². The first-order valence-electron chi connectivity index (χ1n) is 8.02. The molecule has 19 heavy (non-hydrogen) atoms. The Morgan fingerprint density at radius 2 is 1.58 bits per heavy atom. The summed E-state index contributed by atoms with van der Waals surface area (Å²) in [7, 11) is 0. The molecule has 2 rings (SSSR count). The molecule has 1 aromatic rings. The van der Waals surface area contributed by atoms with Crippen LogP contribution in [0.2, 0.25) is 0 Å². The highest BCUT2D eigenvalue weighted by Gasteiger charge is 2.15. The highest BCUT2D eigenvalue weighted by atomic mass is 14.6. The van der Waals surface area contributed by atoms with Crippen molar-refractivity contribution in [2.24, 2.45) is 11.7 Å². The molecule has 2 N–H and O–H groups in total. The lowest BCUT2D eigenvalue weighted by Gasteiger charge is -2.23. The van der Waals surface area contributed by atoms with Crippen LogP contribution in [0, 0.1) is 5.92 Å². The van der Waals surface area contributed by atoms with Crippen LogP contribution in [0.4, 0.5) is 0 Å². The van der Waals surface area contributed by atoms with Crippen molar-refractivity contribution in [3.05, 3.63) is 35.4 Å². The first kappa shape index (κ1) is 14.6. The number of rotatable bonds is 5. The van der Waals surface area contributed by atoms with E-state index in [1.807, 2.05) is 0 Å². The van der Waals surface area contributed by atoms with Gasteiger partial charge in [-0.05, 0) is 35.8 Å². The van der Waals surface area contributed by atoms with Crippen molar-refractivity contribution in [1.82, 2.24) is 0 Å². The maximum Gasteiger partial charge on any atom is 0.0294 e. The third kappa shape index (κ3) is 4.35. The zero-order valence-corrected chi connectivity index (χ0v) is 12.6. The third-order valence-electron chi connectivity index (χ3n) is 4.64. The Morgan fingerprint density at radius 1 is 1.00 bits per heavy atom. The maximum atomic E-state index is 6.34. The molecule has 1 fully saturated rings. The molecule has 1 nitrogen and oxygen atoms in total. The van der Waals surface area contributed by atoms with Gasteiger partial charge in [0.15, 0.2) is 0 Å². The van der Waals surface area contributed by atoms with E-state index in [2.05, 4.69) is 38.1 Å². The average molecular weight is 259 g/mol. The van der Waals surface area contributed by atoms with Gasteiger partial charge in [0, 0.05) is 6.04 Å². The van der Waals surface area contributed by atoms with E-state index in [1.165, 1.54) is 49.7 Å². The Kier molecular flexibility index (Phi) is 5.45. The van der Waals surface area contributed by atoms with Crippen molar-refractivity contribution < 1.29 is 0 Å². The van der Waals surface area contributed by atoms with Crippen LogP contribution >= 0.6 is 0 Å². The van der Waals surface area contributed by atoms with E-state index in [1.54, 1.807) is 0 Å². The van der Waals surface area contributed by atoms with E-state index in [-0.39, 0.29) is 6.04 Å². The molecule has 0 saturated heterocycles. The number of hydrogen-bond donors (Lipinski definition) is 1. The van der Waals surface area contributed by atoms with Gasteiger partial charge in [-0.2, -0.15) is 0 Å². The summed E-state index contributed by atoms with van der Waals surface area (Å²) in [6, 6.07) is 9.14. The van der Waals surface area contributed by atoms with Gasteiger partial charge in [-0.3, -0.25) is 0 Å². The fourth-order valence-corrected chi connectivity index (χ4v) is 3.19. The van der Waals surface area contributed by atoms with Crippen LogP contribution < -0.4 is 5.73 Å². The minimum atomic E-state index is 0.225. The number of benzene rings is 1. The predicted molar refractivity (Wildman–Crippen MR) is 83.3 cm³/mol. The van der Waals surface area contributed by atoms with Gasteiger partial charge in [0.1, 0.15) is 0 Å². The van der Waals surface area contributed by atoms with Crippen LogP contribution in [0.1, 0.15) is 81.9 Å². The fraction of sp³-hybridized carbons (Fsp3) is 0.667. The molecular formula is C18H29N. The van der Waals surface area contributed by atoms with E-state index < -0.39 is 0 Å². The molecule has 1 saturated carbocycles. The standard InChI is InChI=1S/C18H29N/c1-14(2)16-9-11-17(12-10-16)18(19)13-8-15-6-4-3-5-7-15/h9-12,14-15,18H,3-8,13,19H2,1-2H3. The van der Waals surface area contributed by atoms with Crippen LogP contribution in [-0.2, 0) is 0 Å². The normalized spacial score (nSPS) is 18.7. The van der Waals surface area contributed by atoms with Crippen molar-refractivity contribution in [3.8, 4) is 0 Å². The van der Waals surface area contributed by atoms with Gasteiger partial charge in [-0.1, -0.05) is 70.2 Å². The minimum Gasteiger partial charge on any atom is -0.324 e. The molecule has 0 aliphatic heterocycles. The minimum absolute atomic E-state index is 0.225. The molecule has 0 aromatic heterocycles. The van der Waals surface area contributed by atoms with Crippen molar-refractivity contribution in [2.75, 3.05) is 0 Å². The fourth-order valence-electron chi connectivity index (χ4n) is 3.19. The van der Waals surface area contributed by atoms with Gasteiger partial charge in [0.25, 0.3) is 0 Å². The van der Waals surface area contributed by atoms with Crippen molar-refractivity contribution in [3.63, 3.8) is 0 Å². The lowest BCUT2D eigenvalue weighted by atomic mass is 9.84. The van der Waals surface area contributed by atoms with Crippen molar-refractivity contribution in [1.29, 1.82) is 0 Å². The topological polar surface area (TPSA) is 26.0 Å². The van der Waals surface area contributed by atoms with Crippen LogP contribution in [0.25, 0.3) is 0 Å². The Bertz CT molecular complexity index is 360. The van der Waals surface area contributed by atoms with Gasteiger partial charge in [-0.15, -0.1) is 0 Å². The Hall–Kier alpha value is -0.820. The third-order valence-corrected chi connectivity index (χ3v) is 4.64. The smallest absolute Gasteiger partial charge is 0.0294 e. The summed E-state index contributed by atoms with van der Waals surface area (Å²) in [6.45, 7) is 4.47. The highest BCUT2D eigenvalue weighted by molar-refractivity contribution is 5.26. The van der Waals surface area contributed by atoms with Gasteiger partial charge >= 0.3 is 0 Å². The van der Waals surface area contributed by atoms with Crippen LogP contribution in [-0.4, -0.2) is 0 Å². The second-order valence-electron chi connectivity index (χ2n) is 6.51. The second-order valence-corrected chi connectivity index (χ2v) is 6.51. The molecule has 1 aliphatic rings. The molecule has 1 heteroatoms. The first-order valence-corrected chi connectivity index (χ1v) is 8.02. The first-order chi connectivity index (χ1) is 9.16. The average Bonchev–Trinajstić information content (AvgIpc) is 2.46. The molecule has 1 atom stereocenters. The Morgan fingerprint density at radius 3 is 2.16 bits per heavy atom. The molecule has 0 heterocycles. The summed E-state index contributed by atoms with van der Waals surface area (Å²) in [5.74, 6) is 1.54. The molecule has 1 unspecified atom stereocenters. The van der Waals surface area contributed by atoms with E-state index in [4.69, 9.17) is 5.73 Å². The van der Waals surface area contributed by atoms with E-state index in [0.29, 0.717) is 5.92 Å². The zero-order valence-electron chi connectivity index (χ0n) is 12.6. The zero-order chi connectivity index (χ0) is 13.7. The van der Waals surface area contributed by atoms with E-state index in [9.17, 15) is 0 Å². The summed E-state index contributed by atoms with van der Waals surface area (Å²) in [4.78, 5) is 0. The van der Waals surface area contributed by atoms with Crippen LogP contribution in [0.5, 0.6) is 0 Å². The SMILES string of the molecule is CC(C)c1ccc(C(N)CCC2CCCCC2)cc1. The van der Waals surface area contributed by atoms with E-state index in [0.717, 1.165) is 12.3 Å². The highest BCUT2D eigenvalue weighted by Crippen LogP contribution is 2.30. The summed E-state index contributed by atoms with van der Waals surface area (Å²) in [6.07, 6.45) is 9.63. The second kappa shape index (κ2) is 7.09. The quantitative estimate of drug-likeness (QED) is 0.775. The monoisotopic (exact) mass is 259 g/mol. The molecule has 0 bridgehead atoms. The molecule has 1 aliphatic carbocycles. The molecule has 1 aromatic carbocycles. The Balaban J connectivity index is 1.83. The molecule has 106 valence electrons.